The third-order valence-corrected chi connectivity index (χ3v) is 4.55. The molecule has 0 aliphatic heterocycles. The van der Waals surface area contributed by atoms with Gasteiger partial charge in [0, 0.05) is 37.1 Å². The number of nitrogens with zero attached hydrogens (tertiary/aromatic N) is 1. The van der Waals surface area contributed by atoms with E-state index in [0.717, 1.165) is 25.3 Å². The average Bonchev–Trinajstić information content (AvgIpc) is 3.48. The van der Waals surface area contributed by atoms with Crippen LogP contribution < -0.4 is 21.3 Å². The highest BCUT2D eigenvalue weighted by atomic mass is 127. The maximum atomic E-state index is 11.7. The van der Waals surface area contributed by atoms with Gasteiger partial charge in [-0.2, -0.15) is 0 Å². The molecule has 1 unspecified atom stereocenters. The van der Waals surface area contributed by atoms with E-state index in [9.17, 15) is 4.79 Å². The number of carbonyl (C=O) groups is 1. The van der Waals surface area contributed by atoms with E-state index < -0.39 is 0 Å². The Kier molecular flexibility index (Phi) is 10.8. The molecule has 1 aromatic rings. The molecule has 0 aromatic heterocycles. The lowest BCUT2D eigenvalue weighted by Gasteiger charge is -2.29. The number of halogens is 1. The Morgan fingerprint density at radius 2 is 1.79 bits per heavy atom. The number of carbonyl (C=O) groups excluding carboxylic acids is 1. The van der Waals surface area contributed by atoms with Gasteiger partial charge in [-0.1, -0.05) is 30.3 Å². The number of rotatable bonds is 10. The van der Waals surface area contributed by atoms with Crippen molar-refractivity contribution in [1.82, 2.24) is 21.3 Å². The number of hydrogen-bond acceptors (Lipinski definition) is 3. The Morgan fingerprint density at radius 3 is 2.39 bits per heavy atom. The topological polar surface area (TPSA) is 77.6 Å². The molecule has 158 valence electrons. The van der Waals surface area contributed by atoms with Crippen LogP contribution in [-0.4, -0.2) is 43.6 Å². The fraction of sp³-hybridized carbons (Fsp3) is 0.619. The summed E-state index contributed by atoms with van der Waals surface area (Å²) < 4.78 is 0. The first-order chi connectivity index (χ1) is 12.9. The van der Waals surface area contributed by atoms with Crippen molar-refractivity contribution in [3.05, 3.63) is 35.9 Å². The lowest BCUT2D eigenvalue weighted by molar-refractivity contribution is -0.122. The molecule has 28 heavy (non-hydrogen) atoms. The summed E-state index contributed by atoms with van der Waals surface area (Å²) in [5.74, 6) is 1.21. The zero-order chi connectivity index (χ0) is 19.7. The number of hydrogen-bond donors (Lipinski definition) is 4. The molecule has 1 fully saturated rings. The standard InChI is InChI=1S/C21H35N5O.HI/c1-5-22-20(24-14-13-23-19(27)18-11-12-18)25-15-21(3,4)26-16(2)17-9-7-6-8-10-17;/h6-10,16,18,26H,5,11-15H2,1-4H3,(H,23,27)(H2,22,24,25);1H. The van der Waals surface area contributed by atoms with Crippen LogP contribution in [0, 0.1) is 5.92 Å². The molecule has 1 saturated carbocycles. The molecule has 0 bridgehead atoms. The van der Waals surface area contributed by atoms with Crippen molar-refractivity contribution < 1.29 is 4.79 Å². The fourth-order valence-corrected chi connectivity index (χ4v) is 2.93. The van der Waals surface area contributed by atoms with E-state index in [4.69, 9.17) is 4.99 Å². The molecule has 4 N–H and O–H groups in total. The third kappa shape index (κ3) is 9.23. The maximum Gasteiger partial charge on any atom is 0.223 e. The number of benzene rings is 1. The Hall–Kier alpha value is -1.35. The second-order valence-electron chi connectivity index (χ2n) is 7.85. The molecule has 0 radical (unpaired) electrons. The van der Waals surface area contributed by atoms with Crippen LogP contribution >= 0.6 is 24.0 Å². The Balaban J connectivity index is 0.00000392. The number of aliphatic imine (C=N–C) groups is 1. The van der Waals surface area contributed by atoms with Crippen molar-refractivity contribution in [2.45, 2.75) is 52.1 Å². The highest BCUT2D eigenvalue weighted by molar-refractivity contribution is 14.0. The van der Waals surface area contributed by atoms with Crippen LogP contribution in [0.2, 0.25) is 0 Å². The normalized spacial score (nSPS) is 15.4. The van der Waals surface area contributed by atoms with Crippen LogP contribution in [-0.2, 0) is 4.79 Å². The molecule has 1 aliphatic carbocycles. The quantitative estimate of drug-likeness (QED) is 0.172. The summed E-state index contributed by atoms with van der Waals surface area (Å²) in [5.41, 5.74) is 1.13. The minimum absolute atomic E-state index is 0. The van der Waals surface area contributed by atoms with Gasteiger partial charge in [-0.3, -0.25) is 9.79 Å². The summed E-state index contributed by atoms with van der Waals surface area (Å²) in [4.78, 5) is 16.4. The molecular weight excluding hydrogens is 465 g/mol. The van der Waals surface area contributed by atoms with Gasteiger partial charge in [-0.15, -0.1) is 24.0 Å². The summed E-state index contributed by atoms with van der Waals surface area (Å²) in [6.45, 7) is 11.3. The largest absolute Gasteiger partial charge is 0.357 e. The van der Waals surface area contributed by atoms with Crippen LogP contribution in [0.3, 0.4) is 0 Å². The monoisotopic (exact) mass is 501 g/mol. The van der Waals surface area contributed by atoms with Gasteiger partial charge < -0.3 is 21.3 Å². The van der Waals surface area contributed by atoms with E-state index in [1.807, 2.05) is 13.0 Å². The highest BCUT2D eigenvalue weighted by Crippen LogP contribution is 2.28. The number of nitrogens with one attached hydrogen (secondary N) is 4. The number of guanidine groups is 1. The van der Waals surface area contributed by atoms with Gasteiger partial charge in [0.2, 0.25) is 5.91 Å². The maximum absolute atomic E-state index is 11.7. The summed E-state index contributed by atoms with van der Waals surface area (Å²) in [6.07, 6.45) is 2.07. The molecule has 1 atom stereocenters. The van der Waals surface area contributed by atoms with Crippen LogP contribution in [0.25, 0.3) is 0 Å². The molecule has 7 heteroatoms. The van der Waals surface area contributed by atoms with E-state index in [-0.39, 0.29) is 47.4 Å². The van der Waals surface area contributed by atoms with Gasteiger partial charge in [0.15, 0.2) is 5.96 Å². The van der Waals surface area contributed by atoms with E-state index in [1.165, 1.54) is 5.56 Å². The van der Waals surface area contributed by atoms with E-state index in [0.29, 0.717) is 19.6 Å². The fourth-order valence-electron chi connectivity index (χ4n) is 2.93. The van der Waals surface area contributed by atoms with Crippen molar-refractivity contribution >= 4 is 35.8 Å². The molecule has 2 rings (SSSR count). The van der Waals surface area contributed by atoms with Crippen LogP contribution in [0.1, 0.15) is 52.1 Å². The summed E-state index contributed by atoms with van der Waals surface area (Å²) in [5, 5.41) is 13.2. The third-order valence-electron chi connectivity index (χ3n) is 4.55. The predicted octanol–water partition coefficient (Wildman–Crippen LogP) is 2.82. The second-order valence-corrected chi connectivity index (χ2v) is 7.85. The first-order valence-corrected chi connectivity index (χ1v) is 10.0. The van der Waals surface area contributed by atoms with Crippen molar-refractivity contribution in [3.63, 3.8) is 0 Å². The van der Waals surface area contributed by atoms with Gasteiger partial charge in [0.1, 0.15) is 0 Å². The molecule has 6 nitrogen and oxygen atoms in total. The molecule has 0 spiro atoms. The van der Waals surface area contributed by atoms with Crippen LogP contribution in [0.5, 0.6) is 0 Å². The average molecular weight is 501 g/mol. The summed E-state index contributed by atoms with van der Waals surface area (Å²) in [7, 11) is 0. The Bertz CT molecular complexity index is 616. The minimum atomic E-state index is -0.141. The van der Waals surface area contributed by atoms with Gasteiger partial charge >= 0.3 is 0 Å². The van der Waals surface area contributed by atoms with Crippen LogP contribution in [0.4, 0.5) is 0 Å². The lowest BCUT2D eigenvalue weighted by atomic mass is 10.0. The van der Waals surface area contributed by atoms with Crippen molar-refractivity contribution in [3.8, 4) is 0 Å². The molecular formula is C21H36IN5O. The predicted molar refractivity (Wildman–Crippen MR) is 127 cm³/mol. The first kappa shape index (κ1) is 24.7. The summed E-state index contributed by atoms with van der Waals surface area (Å²) in [6, 6.07) is 10.7. The van der Waals surface area contributed by atoms with Crippen molar-refractivity contribution in [2.75, 3.05) is 26.2 Å². The van der Waals surface area contributed by atoms with Gasteiger partial charge in [-0.05, 0) is 46.1 Å². The zero-order valence-electron chi connectivity index (χ0n) is 17.5. The smallest absolute Gasteiger partial charge is 0.223 e. The molecule has 0 saturated heterocycles. The van der Waals surface area contributed by atoms with Gasteiger partial charge in [-0.25, -0.2) is 0 Å². The molecule has 1 aromatic carbocycles. The number of amides is 1. The SMILES string of the molecule is CCNC(=NCC(C)(C)NC(C)c1ccccc1)NCCNC(=O)C1CC1.I. The zero-order valence-corrected chi connectivity index (χ0v) is 19.9. The van der Waals surface area contributed by atoms with Crippen molar-refractivity contribution in [1.29, 1.82) is 0 Å². The van der Waals surface area contributed by atoms with Gasteiger partial charge in [0.05, 0.1) is 6.54 Å². The first-order valence-electron chi connectivity index (χ1n) is 10.0. The minimum Gasteiger partial charge on any atom is -0.357 e. The molecule has 0 heterocycles. The molecule has 1 aliphatic rings. The highest BCUT2D eigenvalue weighted by Gasteiger charge is 2.29. The van der Waals surface area contributed by atoms with E-state index >= 15 is 0 Å². The van der Waals surface area contributed by atoms with E-state index in [2.05, 4.69) is 66.3 Å². The van der Waals surface area contributed by atoms with Crippen LogP contribution in [0.15, 0.2) is 35.3 Å². The Labute approximate surface area is 186 Å². The van der Waals surface area contributed by atoms with Crippen molar-refractivity contribution in [2.24, 2.45) is 10.9 Å². The van der Waals surface area contributed by atoms with E-state index in [1.54, 1.807) is 0 Å². The molecule has 1 amide bonds. The van der Waals surface area contributed by atoms with Gasteiger partial charge in [0.25, 0.3) is 0 Å². The second kappa shape index (κ2) is 12.3. The lowest BCUT2D eigenvalue weighted by Crippen LogP contribution is -2.46. The summed E-state index contributed by atoms with van der Waals surface area (Å²) >= 11 is 0. The Morgan fingerprint density at radius 1 is 1.14 bits per heavy atom.